The van der Waals surface area contributed by atoms with Gasteiger partial charge in [-0.3, -0.25) is 0 Å². The minimum Gasteiger partial charge on any atom is -0.497 e. The number of nitrogens with one attached hydrogen (secondary N) is 1. The largest absolute Gasteiger partial charge is 0.497 e. The lowest BCUT2D eigenvalue weighted by Gasteiger charge is -2.18. The van der Waals surface area contributed by atoms with Crippen LogP contribution in [0.1, 0.15) is 18.0 Å². The van der Waals surface area contributed by atoms with Crippen molar-refractivity contribution in [3.05, 3.63) is 23.8 Å². The molecule has 0 aliphatic rings. The van der Waals surface area contributed by atoms with E-state index in [4.69, 9.17) is 14.2 Å². The molecule has 0 saturated carbocycles. The number of methoxy groups -OCH3 is 3. The van der Waals surface area contributed by atoms with Crippen LogP contribution in [0.25, 0.3) is 0 Å². The molecule has 1 aromatic carbocycles. The second-order valence-electron chi connectivity index (χ2n) is 3.77. The zero-order valence-corrected chi connectivity index (χ0v) is 10.9. The lowest BCUT2D eigenvalue weighted by atomic mass is 10.0. The number of benzene rings is 1. The summed E-state index contributed by atoms with van der Waals surface area (Å²) in [6.45, 7) is 0.713. The molecule has 0 spiro atoms. The standard InChI is InChI=1S/C13H21NO3/c1-14-13(5-6-15-2)10-7-11(16-3)9-12(8-10)17-4/h7-9,13-14H,5-6H2,1-4H3. The van der Waals surface area contributed by atoms with E-state index in [0.29, 0.717) is 6.61 Å². The van der Waals surface area contributed by atoms with Gasteiger partial charge in [-0.2, -0.15) is 0 Å². The fourth-order valence-electron chi connectivity index (χ4n) is 1.74. The van der Waals surface area contributed by atoms with Crippen molar-refractivity contribution in [1.82, 2.24) is 5.32 Å². The average Bonchev–Trinajstić information content (AvgIpc) is 2.39. The molecule has 4 nitrogen and oxygen atoms in total. The van der Waals surface area contributed by atoms with Gasteiger partial charge in [0.05, 0.1) is 14.2 Å². The van der Waals surface area contributed by atoms with Gasteiger partial charge in [0, 0.05) is 25.8 Å². The highest BCUT2D eigenvalue weighted by Crippen LogP contribution is 2.27. The summed E-state index contributed by atoms with van der Waals surface area (Å²) in [4.78, 5) is 0. The van der Waals surface area contributed by atoms with E-state index in [1.807, 2.05) is 25.2 Å². The Morgan fingerprint density at radius 1 is 1.06 bits per heavy atom. The lowest BCUT2D eigenvalue weighted by molar-refractivity contribution is 0.184. The van der Waals surface area contributed by atoms with E-state index in [-0.39, 0.29) is 6.04 Å². The quantitative estimate of drug-likeness (QED) is 0.790. The minimum absolute atomic E-state index is 0.235. The smallest absolute Gasteiger partial charge is 0.122 e. The van der Waals surface area contributed by atoms with Gasteiger partial charge in [-0.25, -0.2) is 0 Å². The first-order valence-electron chi connectivity index (χ1n) is 5.64. The van der Waals surface area contributed by atoms with Gasteiger partial charge in [0.15, 0.2) is 0 Å². The van der Waals surface area contributed by atoms with Crippen molar-refractivity contribution in [1.29, 1.82) is 0 Å². The van der Waals surface area contributed by atoms with Crippen LogP contribution in [-0.4, -0.2) is 35.0 Å². The van der Waals surface area contributed by atoms with Crippen LogP contribution in [0.3, 0.4) is 0 Å². The monoisotopic (exact) mass is 239 g/mol. The fourth-order valence-corrected chi connectivity index (χ4v) is 1.74. The maximum absolute atomic E-state index is 5.26. The molecule has 4 heteroatoms. The fraction of sp³-hybridized carbons (Fsp3) is 0.538. The van der Waals surface area contributed by atoms with Crippen LogP contribution in [0.5, 0.6) is 11.5 Å². The Kier molecular flexibility index (Phi) is 5.80. The highest BCUT2D eigenvalue weighted by Gasteiger charge is 2.11. The molecule has 1 aromatic rings. The van der Waals surface area contributed by atoms with Crippen LogP contribution in [-0.2, 0) is 4.74 Å². The zero-order chi connectivity index (χ0) is 12.7. The molecule has 1 rings (SSSR count). The van der Waals surface area contributed by atoms with Gasteiger partial charge in [-0.15, -0.1) is 0 Å². The first kappa shape index (κ1) is 13.8. The molecule has 0 fully saturated rings. The van der Waals surface area contributed by atoms with Gasteiger partial charge in [0.2, 0.25) is 0 Å². The molecule has 1 atom stereocenters. The van der Waals surface area contributed by atoms with E-state index < -0.39 is 0 Å². The number of hydrogen-bond donors (Lipinski definition) is 1. The molecule has 1 unspecified atom stereocenters. The van der Waals surface area contributed by atoms with Crippen LogP contribution in [0.2, 0.25) is 0 Å². The van der Waals surface area contributed by atoms with E-state index in [0.717, 1.165) is 23.5 Å². The highest BCUT2D eigenvalue weighted by atomic mass is 16.5. The third-order valence-corrected chi connectivity index (χ3v) is 2.74. The predicted octanol–water partition coefficient (Wildman–Crippen LogP) is 2.00. The Labute approximate surface area is 103 Å². The molecule has 0 aliphatic carbocycles. The van der Waals surface area contributed by atoms with Gasteiger partial charge in [-0.05, 0) is 31.2 Å². The Bertz CT molecular complexity index is 319. The highest BCUT2D eigenvalue weighted by molar-refractivity contribution is 5.39. The molecule has 0 amide bonds. The van der Waals surface area contributed by atoms with Crippen LogP contribution in [0, 0.1) is 0 Å². The van der Waals surface area contributed by atoms with Crippen molar-refractivity contribution in [2.45, 2.75) is 12.5 Å². The molecule has 0 aromatic heterocycles. The molecular weight excluding hydrogens is 218 g/mol. The van der Waals surface area contributed by atoms with E-state index in [2.05, 4.69) is 5.32 Å². The Balaban J connectivity index is 2.92. The topological polar surface area (TPSA) is 39.7 Å². The van der Waals surface area contributed by atoms with Gasteiger partial charge in [0.25, 0.3) is 0 Å². The van der Waals surface area contributed by atoms with Gasteiger partial charge < -0.3 is 19.5 Å². The summed E-state index contributed by atoms with van der Waals surface area (Å²) in [7, 11) is 6.95. The van der Waals surface area contributed by atoms with Crippen LogP contribution in [0.15, 0.2) is 18.2 Å². The normalized spacial score (nSPS) is 12.2. The lowest BCUT2D eigenvalue weighted by Crippen LogP contribution is -2.18. The maximum Gasteiger partial charge on any atom is 0.122 e. The predicted molar refractivity (Wildman–Crippen MR) is 67.8 cm³/mol. The molecule has 0 saturated heterocycles. The van der Waals surface area contributed by atoms with E-state index >= 15 is 0 Å². The maximum atomic E-state index is 5.26. The summed E-state index contributed by atoms with van der Waals surface area (Å²) in [5, 5.41) is 3.26. The first-order valence-corrected chi connectivity index (χ1v) is 5.64. The number of ether oxygens (including phenoxy) is 3. The summed E-state index contributed by atoms with van der Waals surface area (Å²) in [5.41, 5.74) is 1.14. The summed E-state index contributed by atoms with van der Waals surface area (Å²) in [6, 6.07) is 6.13. The van der Waals surface area contributed by atoms with Crippen molar-refractivity contribution >= 4 is 0 Å². The molecule has 1 N–H and O–H groups in total. The molecule has 17 heavy (non-hydrogen) atoms. The summed E-state index contributed by atoms with van der Waals surface area (Å²) in [6.07, 6.45) is 0.906. The summed E-state index contributed by atoms with van der Waals surface area (Å²) < 4.78 is 15.6. The van der Waals surface area contributed by atoms with Crippen LogP contribution >= 0.6 is 0 Å². The summed E-state index contributed by atoms with van der Waals surface area (Å²) in [5.74, 6) is 1.61. The van der Waals surface area contributed by atoms with Gasteiger partial charge in [0.1, 0.15) is 11.5 Å². The van der Waals surface area contributed by atoms with E-state index in [1.165, 1.54) is 0 Å². The Morgan fingerprint density at radius 3 is 2.06 bits per heavy atom. The third kappa shape index (κ3) is 3.91. The van der Waals surface area contributed by atoms with E-state index in [9.17, 15) is 0 Å². The first-order chi connectivity index (χ1) is 8.24. The van der Waals surface area contributed by atoms with Gasteiger partial charge >= 0.3 is 0 Å². The van der Waals surface area contributed by atoms with Crippen molar-refractivity contribution in [3.8, 4) is 11.5 Å². The Hall–Kier alpha value is -1.26. The van der Waals surface area contributed by atoms with Crippen molar-refractivity contribution in [3.63, 3.8) is 0 Å². The van der Waals surface area contributed by atoms with Crippen LogP contribution < -0.4 is 14.8 Å². The molecule has 96 valence electrons. The molecular formula is C13H21NO3. The average molecular weight is 239 g/mol. The van der Waals surface area contributed by atoms with Crippen LogP contribution in [0.4, 0.5) is 0 Å². The molecule has 0 heterocycles. The van der Waals surface area contributed by atoms with Crippen molar-refractivity contribution in [2.24, 2.45) is 0 Å². The molecule has 0 radical (unpaired) electrons. The zero-order valence-electron chi connectivity index (χ0n) is 10.9. The second-order valence-corrected chi connectivity index (χ2v) is 3.77. The third-order valence-electron chi connectivity index (χ3n) is 2.74. The second kappa shape index (κ2) is 7.14. The summed E-state index contributed by atoms with van der Waals surface area (Å²) >= 11 is 0. The number of hydrogen-bond acceptors (Lipinski definition) is 4. The van der Waals surface area contributed by atoms with Crippen molar-refractivity contribution in [2.75, 3.05) is 35.0 Å². The number of rotatable bonds is 7. The Morgan fingerprint density at radius 2 is 1.65 bits per heavy atom. The molecule has 0 bridgehead atoms. The molecule has 0 aliphatic heterocycles. The van der Waals surface area contributed by atoms with E-state index in [1.54, 1.807) is 21.3 Å². The van der Waals surface area contributed by atoms with Gasteiger partial charge in [-0.1, -0.05) is 0 Å². The minimum atomic E-state index is 0.235. The SMILES string of the molecule is CNC(CCOC)c1cc(OC)cc(OC)c1. The van der Waals surface area contributed by atoms with Crippen molar-refractivity contribution < 1.29 is 14.2 Å².